The first-order chi connectivity index (χ1) is 14.5. The Morgan fingerprint density at radius 3 is 2.60 bits per heavy atom. The van der Waals surface area contributed by atoms with Gasteiger partial charge in [0, 0.05) is 31.4 Å². The SMILES string of the molecule is CCCCn1nc(C)c(/C=C/C(=O)N(C)C(c2ccccc2)c2ccccn2)c1Cl. The highest BCUT2D eigenvalue weighted by atomic mass is 35.5. The number of aromatic nitrogens is 3. The zero-order valence-corrected chi connectivity index (χ0v) is 18.4. The number of rotatable bonds is 8. The molecule has 0 N–H and O–H groups in total. The van der Waals surface area contributed by atoms with E-state index in [4.69, 9.17) is 11.6 Å². The third kappa shape index (κ3) is 4.97. The second kappa shape index (κ2) is 10.2. The molecule has 1 amide bonds. The minimum atomic E-state index is -0.284. The predicted molar refractivity (Wildman–Crippen MR) is 121 cm³/mol. The van der Waals surface area contributed by atoms with Crippen LogP contribution in [0.15, 0.2) is 60.8 Å². The molecule has 0 radical (unpaired) electrons. The van der Waals surface area contributed by atoms with Gasteiger partial charge in [-0.05, 0) is 37.1 Å². The smallest absolute Gasteiger partial charge is 0.247 e. The average molecular weight is 423 g/mol. The molecule has 30 heavy (non-hydrogen) atoms. The van der Waals surface area contributed by atoms with Crippen molar-refractivity contribution in [1.29, 1.82) is 0 Å². The molecule has 0 fully saturated rings. The van der Waals surface area contributed by atoms with Crippen LogP contribution in [0.4, 0.5) is 0 Å². The fourth-order valence-corrected chi connectivity index (χ4v) is 3.70. The molecule has 0 aliphatic heterocycles. The maximum absolute atomic E-state index is 13.0. The molecule has 0 saturated carbocycles. The Morgan fingerprint density at radius 2 is 1.93 bits per heavy atom. The Balaban J connectivity index is 1.85. The van der Waals surface area contributed by atoms with Crippen LogP contribution in [0.5, 0.6) is 0 Å². The third-order valence-electron chi connectivity index (χ3n) is 5.04. The number of carbonyl (C=O) groups is 1. The summed E-state index contributed by atoms with van der Waals surface area (Å²) in [6.45, 7) is 4.81. The van der Waals surface area contributed by atoms with E-state index in [0.717, 1.165) is 41.9 Å². The lowest BCUT2D eigenvalue weighted by atomic mass is 10.0. The van der Waals surface area contributed by atoms with Gasteiger partial charge in [0.15, 0.2) is 0 Å². The number of pyridine rings is 1. The van der Waals surface area contributed by atoms with Gasteiger partial charge in [0.2, 0.25) is 5.91 Å². The molecule has 3 aromatic rings. The summed E-state index contributed by atoms with van der Waals surface area (Å²) in [4.78, 5) is 19.2. The number of nitrogens with zero attached hydrogens (tertiary/aromatic N) is 4. The number of amides is 1. The summed E-state index contributed by atoms with van der Waals surface area (Å²) < 4.78 is 1.80. The Labute approximate surface area is 183 Å². The molecule has 0 spiro atoms. The van der Waals surface area contributed by atoms with Crippen LogP contribution in [0.1, 0.15) is 48.3 Å². The quantitative estimate of drug-likeness (QED) is 0.463. The Kier molecular flexibility index (Phi) is 7.41. The van der Waals surface area contributed by atoms with Gasteiger partial charge in [-0.15, -0.1) is 0 Å². The highest BCUT2D eigenvalue weighted by molar-refractivity contribution is 6.31. The molecule has 0 saturated heterocycles. The maximum Gasteiger partial charge on any atom is 0.247 e. The van der Waals surface area contributed by atoms with Crippen molar-refractivity contribution >= 4 is 23.6 Å². The van der Waals surface area contributed by atoms with Gasteiger partial charge in [0.25, 0.3) is 0 Å². The number of unbranched alkanes of at least 4 members (excludes halogenated alkanes) is 1. The third-order valence-corrected chi connectivity index (χ3v) is 5.44. The number of carbonyl (C=O) groups excluding carboxylic acids is 1. The number of likely N-dealkylation sites (N-methyl/N-ethyl adjacent to an activating group) is 1. The summed E-state index contributed by atoms with van der Waals surface area (Å²) in [6.07, 6.45) is 7.13. The molecule has 1 aromatic carbocycles. The highest BCUT2D eigenvalue weighted by Crippen LogP contribution is 2.27. The predicted octanol–water partition coefficient (Wildman–Crippen LogP) is 5.30. The molecular weight excluding hydrogens is 396 g/mol. The maximum atomic E-state index is 13.0. The van der Waals surface area contributed by atoms with Crippen LogP contribution in [0.2, 0.25) is 5.15 Å². The number of hydrogen-bond donors (Lipinski definition) is 0. The fraction of sp³-hybridized carbons (Fsp3) is 0.292. The Morgan fingerprint density at radius 1 is 1.20 bits per heavy atom. The summed E-state index contributed by atoms with van der Waals surface area (Å²) in [6, 6.07) is 15.4. The second-order valence-electron chi connectivity index (χ2n) is 7.22. The van der Waals surface area contributed by atoms with Crippen molar-refractivity contribution in [2.75, 3.05) is 7.05 Å². The Hall–Kier alpha value is -2.92. The second-order valence-corrected chi connectivity index (χ2v) is 7.57. The Bertz CT molecular complexity index is 959. The van der Waals surface area contributed by atoms with Crippen LogP contribution in [-0.4, -0.2) is 32.6 Å². The van der Waals surface area contributed by atoms with E-state index in [2.05, 4.69) is 17.0 Å². The molecule has 5 nitrogen and oxygen atoms in total. The normalized spacial score (nSPS) is 12.3. The van der Waals surface area contributed by atoms with Crippen LogP contribution >= 0.6 is 11.6 Å². The molecular formula is C24H27ClN4O. The molecule has 3 rings (SSSR count). The zero-order chi connectivity index (χ0) is 21.5. The van der Waals surface area contributed by atoms with Crippen LogP contribution < -0.4 is 0 Å². The van der Waals surface area contributed by atoms with E-state index in [-0.39, 0.29) is 11.9 Å². The fourth-order valence-electron chi connectivity index (χ4n) is 3.38. The highest BCUT2D eigenvalue weighted by Gasteiger charge is 2.23. The topological polar surface area (TPSA) is 51.0 Å². The first kappa shape index (κ1) is 21.8. The average Bonchev–Trinajstić information content (AvgIpc) is 3.04. The number of benzene rings is 1. The van der Waals surface area contributed by atoms with E-state index in [1.165, 1.54) is 0 Å². The van der Waals surface area contributed by atoms with Gasteiger partial charge in [0.05, 0.1) is 17.4 Å². The van der Waals surface area contributed by atoms with Gasteiger partial charge in [-0.1, -0.05) is 61.3 Å². The first-order valence-electron chi connectivity index (χ1n) is 10.2. The number of halogens is 1. The van der Waals surface area contributed by atoms with Crippen LogP contribution in [0, 0.1) is 6.92 Å². The van der Waals surface area contributed by atoms with Gasteiger partial charge in [-0.3, -0.25) is 14.5 Å². The summed E-state index contributed by atoms with van der Waals surface area (Å²) in [5.74, 6) is -0.133. The van der Waals surface area contributed by atoms with Crippen molar-refractivity contribution in [1.82, 2.24) is 19.7 Å². The van der Waals surface area contributed by atoms with E-state index in [1.807, 2.05) is 55.5 Å². The van der Waals surface area contributed by atoms with Gasteiger partial charge in [-0.25, -0.2) is 0 Å². The molecule has 0 bridgehead atoms. The van der Waals surface area contributed by atoms with E-state index in [9.17, 15) is 4.79 Å². The largest absolute Gasteiger partial charge is 0.329 e. The zero-order valence-electron chi connectivity index (χ0n) is 17.6. The van der Waals surface area contributed by atoms with Crippen molar-refractivity contribution in [3.8, 4) is 0 Å². The van der Waals surface area contributed by atoms with Crippen molar-refractivity contribution in [2.24, 2.45) is 0 Å². The molecule has 1 unspecified atom stereocenters. The molecule has 2 aromatic heterocycles. The van der Waals surface area contributed by atoms with Gasteiger partial charge >= 0.3 is 0 Å². The minimum Gasteiger partial charge on any atom is -0.329 e. The standard InChI is InChI=1S/C24H27ClN4O/c1-4-5-17-29-24(25)20(18(2)27-29)14-15-22(30)28(3)23(19-11-7-6-8-12-19)21-13-9-10-16-26-21/h6-16,23H,4-5,17H2,1-3H3/b15-14+. The van der Waals surface area contributed by atoms with E-state index in [0.29, 0.717) is 5.15 Å². The lowest BCUT2D eigenvalue weighted by molar-refractivity contribution is -0.126. The summed E-state index contributed by atoms with van der Waals surface area (Å²) >= 11 is 6.50. The molecule has 1 atom stereocenters. The molecule has 6 heteroatoms. The van der Waals surface area contributed by atoms with E-state index < -0.39 is 0 Å². The van der Waals surface area contributed by atoms with Crippen molar-refractivity contribution < 1.29 is 4.79 Å². The van der Waals surface area contributed by atoms with Gasteiger partial charge in [0.1, 0.15) is 5.15 Å². The van der Waals surface area contributed by atoms with Crippen molar-refractivity contribution in [3.63, 3.8) is 0 Å². The van der Waals surface area contributed by atoms with Crippen LogP contribution in [-0.2, 0) is 11.3 Å². The monoisotopic (exact) mass is 422 g/mol. The minimum absolute atomic E-state index is 0.133. The van der Waals surface area contributed by atoms with Crippen LogP contribution in [0.3, 0.4) is 0 Å². The lowest BCUT2D eigenvalue weighted by Gasteiger charge is -2.27. The molecule has 0 aliphatic carbocycles. The molecule has 2 heterocycles. The lowest BCUT2D eigenvalue weighted by Crippen LogP contribution is -2.31. The van der Waals surface area contributed by atoms with Crippen molar-refractivity contribution in [3.05, 3.63) is 88.5 Å². The van der Waals surface area contributed by atoms with Crippen molar-refractivity contribution in [2.45, 2.75) is 39.3 Å². The molecule has 0 aliphatic rings. The van der Waals surface area contributed by atoms with Crippen LogP contribution in [0.25, 0.3) is 6.08 Å². The summed E-state index contributed by atoms with van der Waals surface area (Å²) in [5.41, 5.74) is 3.41. The van der Waals surface area contributed by atoms with E-state index >= 15 is 0 Å². The summed E-state index contributed by atoms with van der Waals surface area (Å²) in [5, 5.41) is 5.07. The van der Waals surface area contributed by atoms with Gasteiger partial charge < -0.3 is 4.90 Å². The summed E-state index contributed by atoms with van der Waals surface area (Å²) in [7, 11) is 1.79. The van der Waals surface area contributed by atoms with E-state index in [1.54, 1.807) is 35.0 Å². The molecule has 156 valence electrons. The first-order valence-corrected chi connectivity index (χ1v) is 10.5. The number of hydrogen-bond acceptors (Lipinski definition) is 3. The van der Waals surface area contributed by atoms with Gasteiger partial charge in [-0.2, -0.15) is 5.10 Å². The number of aryl methyl sites for hydroxylation is 2.